The monoisotopic (exact) mass is 272 g/mol. The van der Waals surface area contributed by atoms with E-state index in [9.17, 15) is 19.2 Å². The molecular formula is C4H4O12Si. The van der Waals surface area contributed by atoms with Gasteiger partial charge in [-0.05, 0) is 0 Å². The predicted molar refractivity (Wildman–Crippen MR) is 42.2 cm³/mol. The van der Waals surface area contributed by atoms with Crippen molar-refractivity contribution in [1.29, 1.82) is 0 Å². The van der Waals surface area contributed by atoms with E-state index in [4.69, 9.17) is 20.4 Å². The zero-order chi connectivity index (χ0) is 13.6. The van der Waals surface area contributed by atoms with Crippen molar-refractivity contribution in [3.63, 3.8) is 0 Å². The molecule has 0 saturated carbocycles. The zero-order valence-electron chi connectivity index (χ0n) is 7.55. The number of carboxylic acid groups (broad SMARTS) is 4. The van der Waals surface area contributed by atoms with E-state index in [1.54, 1.807) is 0 Å². The minimum absolute atomic E-state index is 2.25. The van der Waals surface area contributed by atoms with E-state index >= 15 is 0 Å². The standard InChI is InChI=1S/C4H4O12Si/c5-1(6)13-17(14-2(7)8,15-3(9)10)16-4(11)12/h(H,5,6)(H,7,8)(H,9,10)(H,11,12). The van der Waals surface area contributed by atoms with Gasteiger partial charge in [0.25, 0.3) is 0 Å². The second kappa shape index (κ2) is 5.40. The van der Waals surface area contributed by atoms with Crippen LogP contribution in [0.5, 0.6) is 0 Å². The molecule has 0 rings (SSSR count). The van der Waals surface area contributed by atoms with Crippen LogP contribution in [-0.4, -0.2) is 54.1 Å². The van der Waals surface area contributed by atoms with Crippen LogP contribution in [0, 0.1) is 0 Å². The number of hydrogen-bond donors (Lipinski definition) is 4. The molecule has 0 atom stereocenters. The minimum Gasteiger partial charge on any atom is -0.450 e. The average Bonchev–Trinajstić information content (AvgIpc) is 1.95. The van der Waals surface area contributed by atoms with Gasteiger partial charge in [0.2, 0.25) is 0 Å². The Labute approximate surface area is 92.0 Å². The lowest BCUT2D eigenvalue weighted by Crippen LogP contribution is -2.53. The Balaban J connectivity index is 5.16. The Morgan fingerprint density at radius 2 is 0.765 bits per heavy atom. The van der Waals surface area contributed by atoms with Crippen molar-refractivity contribution in [2.75, 3.05) is 0 Å². The molecule has 0 heterocycles. The highest BCUT2D eigenvalue weighted by Crippen LogP contribution is 2.13. The molecule has 0 amide bonds. The van der Waals surface area contributed by atoms with Crippen LogP contribution in [-0.2, 0) is 17.7 Å². The normalized spacial score (nSPS) is 9.88. The Kier molecular flexibility index (Phi) is 4.54. The minimum atomic E-state index is -5.45. The summed E-state index contributed by atoms with van der Waals surface area (Å²) in [6.45, 7) is 0. The maximum atomic E-state index is 10.2. The van der Waals surface area contributed by atoms with Crippen molar-refractivity contribution < 1.29 is 57.3 Å². The van der Waals surface area contributed by atoms with Crippen LogP contribution in [0.3, 0.4) is 0 Å². The maximum Gasteiger partial charge on any atom is 0.984 e. The van der Waals surface area contributed by atoms with Crippen LogP contribution in [0.25, 0.3) is 0 Å². The second-order valence-corrected chi connectivity index (χ2v) is 3.79. The van der Waals surface area contributed by atoms with E-state index < -0.39 is 33.7 Å². The van der Waals surface area contributed by atoms with E-state index in [0.717, 1.165) is 0 Å². The predicted octanol–water partition coefficient (Wildman–Crippen LogP) is 0.200. The first-order valence-corrected chi connectivity index (χ1v) is 4.98. The maximum absolute atomic E-state index is 10.2. The van der Waals surface area contributed by atoms with Gasteiger partial charge in [0, 0.05) is 0 Å². The molecular weight excluding hydrogens is 268 g/mol. The third-order valence-electron chi connectivity index (χ3n) is 0.849. The van der Waals surface area contributed by atoms with Crippen LogP contribution in [0.15, 0.2) is 0 Å². The molecule has 17 heavy (non-hydrogen) atoms. The van der Waals surface area contributed by atoms with Gasteiger partial charge in [-0.2, -0.15) is 0 Å². The van der Waals surface area contributed by atoms with Gasteiger partial charge in [0.15, 0.2) is 0 Å². The van der Waals surface area contributed by atoms with Crippen molar-refractivity contribution in [3.05, 3.63) is 0 Å². The first kappa shape index (κ1) is 14.3. The van der Waals surface area contributed by atoms with Gasteiger partial charge in [-0.3, -0.25) is 0 Å². The van der Waals surface area contributed by atoms with Gasteiger partial charge in [0.05, 0.1) is 0 Å². The fourth-order valence-corrected chi connectivity index (χ4v) is 1.66. The van der Waals surface area contributed by atoms with Gasteiger partial charge in [0.1, 0.15) is 0 Å². The molecule has 0 aromatic rings. The average molecular weight is 272 g/mol. The molecule has 0 bridgehead atoms. The summed E-state index contributed by atoms with van der Waals surface area (Å²) in [4.78, 5) is 40.6. The van der Waals surface area contributed by atoms with Crippen LogP contribution in [0.1, 0.15) is 0 Å². The molecule has 0 aliphatic carbocycles. The fourth-order valence-electron chi connectivity index (χ4n) is 0.553. The van der Waals surface area contributed by atoms with Gasteiger partial charge >= 0.3 is 33.7 Å². The van der Waals surface area contributed by atoms with E-state index in [1.165, 1.54) is 0 Å². The summed E-state index contributed by atoms with van der Waals surface area (Å²) >= 11 is 0. The van der Waals surface area contributed by atoms with Gasteiger partial charge in [-0.25, -0.2) is 19.2 Å². The van der Waals surface area contributed by atoms with Crippen molar-refractivity contribution in [3.8, 4) is 0 Å². The lowest BCUT2D eigenvalue weighted by Gasteiger charge is -2.19. The molecule has 0 unspecified atom stereocenters. The van der Waals surface area contributed by atoms with E-state index in [2.05, 4.69) is 17.7 Å². The van der Waals surface area contributed by atoms with Gasteiger partial charge in [-0.1, -0.05) is 0 Å². The third kappa shape index (κ3) is 5.67. The van der Waals surface area contributed by atoms with E-state index in [-0.39, 0.29) is 0 Å². The zero-order valence-corrected chi connectivity index (χ0v) is 8.55. The molecule has 0 spiro atoms. The Morgan fingerprint density at radius 3 is 0.882 bits per heavy atom. The van der Waals surface area contributed by atoms with Crippen molar-refractivity contribution in [2.45, 2.75) is 0 Å². The van der Waals surface area contributed by atoms with Gasteiger partial charge < -0.3 is 38.1 Å². The summed E-state index contributed by atoms with van der Waals surface area (Å²) in [5, 5.41) is 32.7. The van der Waals surface area contributed by atoms with Crippen LogP contribution in [0.4, 0.5) is 19.2 Å². The van der Waals surface area contributed by atoms with Crippen LogP contribution < -0.4 is 0 Å². The topological polar surface area (TPSA) is 186 Å². The molecule has 0 aromatic heterocycles. The third-order valence-corrected chi connectivity index (χ3v) is 2.55. The Hall–Kier alpha value is -2.70. The number of carbonyl (C=O) groups is 4. The largest absolute Gasteiger partial charge is 0.984 e. The van der Waals surface area contributed by atoms with Crippen molar-refractivity contribution in [2.24, 2.45) is 0 Å². The van der Waals surface area contributed by atoms with Crippen LogP contribution in [0.2, 0.25) is 0 Å². The molecule has 96 valence electrons. The molecule has 0 aliphatic rings. The lowest BCUT2D eigenvalue weighted by atomic mass is 11.4. The Bertz CT molecular complexity index is 277. The summed E-state index contributed by atoms with van der Waals surface area (Å²) in [6, 6.07) is 0. The fraction of sp³-hybridized carbons (Fsp3) is 0. The molecule has 0 radical (unpaired) electrons. The van der Waals surface area contributed by atoms with Crippen molar-refractivity contribution >= 4 is 33.7 Å². The Morgan fingerprint density at radius 1 is 0.588 bits per heavy atom. The molecule has 4 N–H and O–H groups in total. The quantitative estimate of drug-likeness (QED) is 0.509. The summed E-state index contributed by atoms with van der Waals surface area (Å²) in [5.41, 5.74) is 0. The van der Waals surface area contributed by atoms with Gasteiger partial charge in [-0.15, -0.1) is 0 Å². The molecule has 0 saturated heterocycles. The lowest BCUT2D eigenvalue weighted by molar-refractivity contribution is 0.00134. The molecule has 0 fully saturated rings. The molecule has 13 heteroatoms. The van der Waals surface area contributed by atoms with E-state index in [0.29, 0.717) is 0 Å². The molecule has 0 aliphatic heterocycles. The highest BCUT2D eigenvalue weighted by molar-refractivity contribution is 6.60. The van der Waals surface area contributed by atoms with Crippen LogP contribution >= 0.6 is 0 Å². The molecule has 12 nitrogen and oxygen atoms in total. The molecule has 0 aromatic carbocycles. The first-order valence-electron chi connectivity index (χ1n) is 3.34. The highest BCUT2D eigenvalue weighted by atomic mass is 28.4. The summed E-state index contributed by atoms with van der Waals surface area (Å²) in [5.74, 6) is 0. The summed E-state index contributed by atoms with van der Waals surface area (Å²) in [6.07, 6.45) is -9.00. The van der Waals surface area contributed by atoms with Crippen molar-refractivity contribution in [1.82, 2.24) is 0 Å². The smallest absolute Gasteiger partial charge is 0.450 e. The summed E-state index contributed by atoms with van der Waals surface area (Å²) < 4.78 is 14.5. The SMILES string of the molecule is O=C(O)O[Si](OC(=O)O)(OC(=O)O)OC(=O)O. The highest BCUT2D eigenvalue weighted by Gasteiger charge is 2.64. The number of hydrogen-bond acceptors (Lipinski definition) is 8. The van der Waals surface area contributed by atoms with E-state index in [1.807, 2.05) is 0 Å². The second-order valence-electron chi connectivity index (χ2n) is 1.97. The summed E-state index contributed by atoms with van der Waals surface area (Å²) in [7, 11) is -5.45. The number of rotatable bonds is 4. The first-order chi connectivity index (χ1) is 7.67.